The van der Waals surface area contributed by atoms with E-state index >= 15 is 0 Å². The maximum absolute atomic E-state index is 9.25. The normalized spacial score (nSPS) is 19.1. The summed E-state index contributed by atoms with van der Waals surface area (Å²) in [5.41, 5.74) is 1.70. The highest BCUT2D eigenvalue weighted by atomic mass is 35.5. The predicted molar refractivity (Wildman–Crippen MR) is 84.2 cm³/mol. The Morgan fingerprint density at radius 3 is 3.00 bits per heavy atom. The number of nitriles is 1. The third-order valence-corrected chi connectivity index (χ3v) is 3.99. The van der Waals surface area contributed by atoms with Crippen LogP contribution in [-0.4, -0.2) is 25.7 Å². The Morgan fingerprint density at radius 1 is 1.50 bits per heavy atom. The summed E-state index contributed by atoms with van der Waals surface area (Å²) in [6.45, 7) is 7.38. The molecule has 108 valence electrons. The van der Waals surface area contributed by atoms with Gasteiger partial charge in [0.1, 0.15) is 6.07 Å². The fourth-order valence-electron chi connectivity index (χ4n) is 2.71. The van der Waals surface area contributed by atoms with Crippen LogP contribution in [0.5, 0.6) is 0 Å². The first-order chi connectivity index (χ1) is 9.60. The summed E-state index contributed by atoms with van der Waals surface area (Å²) in [6, 6.07) is 8.30. The lowest BCUT2D eigenvalue weighted by atomic mass is 9.96. The number of piperidine rings is 1. The van der Waals surface area contributed by atoms with Crippen molar-refractivity contribution in [2.75, 3.05) is 24.5 Å². The average Bonchev–Trinajstić information content (AvgIpc) is 2.45. The molecule has 1 saturated heterocycles. The quantitative estimate of drug-likeness (QED) is 0.924. The van der Waals surface area contributed by atoms with Crippen LogP contribution in [0, 0.1) is 17.2 Å². The molecule has 1 heterocycles. The smallest absolute Gasteiger partial charge is 0.101 e. The SMILES string of the molecule is CC(C)NCC1CCCN(c2cc(Cl)ccc2C#N)C1. The fraction of sp³-hybridized carbons (Fsp3) is 0.562. The molecule has 1 atom stereocenters. The molecule has 1 unspecified atom stereocenters. The van der Waals surface area contributed by atoms with Gasteiger partial charge in [0.2, 0.25) is 0 Å². The van der Waals surface area contributed by atoms with Gasteiger partial charge in [-0.3, -0.25) is 0 Å². The van der Waals surface area contributed by atoms with E-state index in [1.807, 2.05) is 12.1 Å². The number of nitrogens with zero attached hydrogens (tertiary/aromatic N) is 2. The van der Waals surface area contributed by atoms with Crippen LogP contribution in [0.1, 0.15) is 32.3 Å². The number of nitrogens with one attached hydrogen (secondary N) is 1. The van der Waals surface area contributed by atoms with Crippen LogP contribution in [0.3, 0.4) is 0 Å². The Hall–Kier alpha value is -1.24. The molecule has 0 aromatic heterocycles. The lowest BCUT2D eigenvalue weighted by molar-refractivity contribution is 0.379. The molecular weight excluding hydrogens is 270 g/mol. The second-order valence-corrected chi connectivity index (χ2v) is 6.23. The minimum Gasteiger partial charge on any atom is -0.370 e. The summed E-state index contributed by atoms with van der Waals surface area (Å²) in [6.07, 6.45) is 2.42. The van der Waals surface area contributed by atoms with Crippen LogP contribution >= 0.6 is 11.6 Å². The highest BCUT2D eigenvalue weighted by Crippen LogP contribution is 2.28. The van der Waals surface area contributed by atoms with Crippen molar-refractivity contribution < 1.29 is 0 Å². The van der Waals surface area contributed by atoms with Crippen molar-refractivity contribution in [1.29, 1.82) is 5.26 Å². The molecule has 3 nitrogen and oxygen atoms in total. The van der Waals surface area contributed by atoms with E-state index in [1.165, 1.54) is 12.8 Å². The van der Waals surface area contributed by atoms with E-state index in [1.54, 1.807) is 6.07 Å². The number of benzene rings is 1. The second kappa shape index (κ2) is 6.97. The summed E-state index contributed by atoms with van der Waals surface area (Å²) >= 11 is 6.08. The molecule has 1 aromatic rings. The third-order valence-electron chi connectivity index (χ3n) is 3.75. The van der Waals surface area contributed by atoms with Crippen molar-refractivity contribution >= 4 is 17.3 Å². The summed E-state index contributed by atoms with van der Waals surface area (Å²) < 4.78 is 0. The van der Waals surface area contributed by atoms with Gasteiger partial charge in [0.25, 0.3) is 0 Å². The standard InChI is InChI=1S/C16H22ClN3/c1-12(2)19-10-13-4-3-7-20(11-13)16-8-15(17)6-5-14(16)9-18/h5-6,8,12-13,19H,3-4,7,10-11H2,1-2H3. The van der Waals surface area contributed by atoms with E-state index in [4.69, 9.17) is 11.6 Å². The van der Waals surface area contributed by atoms with E-state index < -0.39 is 0 Å². The molecule has 1 aromatic carbocycles. The minimum atomic E-state index is 0.520. The lowest BCUT2D eigenvalue weighted by Crippen LogP contribution is -2.41. The molecule has 1 fully saturated rings. The molecule has 0 saturated carbocycles. The van der Waals surface area contributed by atoms with E-state index in [-0.39, 0.29) is 0 Å². The van der Waals surface area contributed by atoms with E-state index in [2.05, 4.69) is 30.1 Å². The molecule has 1 aliphatic heterocycles. The van der Waals surface area contributed by atoms with Gasteiger partial charge in [-0.2, -0.15) is 5.26 Å². The molecule has 2 rings (SSSR count). The summed E-state index contributed by atoms with van der Waals surface area (Å²) in [5, 5.41) is 13.5. The zero-order valence-electron chi connectivity index (χ0n) is 12.2. The Labute approximate surface area is 126 Å². The molecule has 0 aliphatic carbocycles. The fourth-order valence-corrected chi connectivity index (χ4v) is 2.88. The maximum atomic E-state index is 9.25. The first-order valence-electron chi connectivity index (χ1n) is 7.28. The van der Waals surface area contributed by atoms with Crippen LogP contribution in [0.2, 0.25) is 5.02 Å². The molecule has 1 N–H and O–H groups in total. The van der Waals surface area contributed by atoms with Gasteiger partial charge in [0.05, 0.1) is 11.3 Å². The van der Waals surface area contributed by atoms with Crippen LogP contribution in [0.15, 0.2) is 18.2 Å². The van der Waals surface area contributed by atoms with Crippen molar-refractivity contribution in [3.05, 3.63) is 28.8 Å². The first kappa shape index (κ1) is 15.2. The van der Waals surface area contributed by atoms with Crippen molar-refractivity contribution in [3.8, 4) is 6.07 Å². The van der Waals surface area contributed by atoms with Gasteiger partial charge in [0.15, 0.2) is 0 Å². The van der Waals surface area contributed by atoms with Crippen LogP contribution < -0.4 is 10.2 Å². The number of halogens is 1. The van der Waals surface area contributed by atoms with Crippen molar-refractivity contribution in [1.82, 2.24) is 5.32 Å². The Balaban J connectivity index is 2.09. The molecule has 20 heavy (non-hydrogen) atoms. The Morgan fingerprint density at radius 2 is 2.30 bits per heavy atom. The molecule has 0 amide bonds. The van der Waals surface area contributed by atoms with E-state index in [0.29, 0.717) is 22.5 Å². The zero-order chi connectivity index (χ0) is 14.5. The number of hydrogen-bond donors (Lipinski definition) is 1. The molecule has 0 spiro atoms. The van der Waals surface area contributed by atoms with Gasteiger partial charge in [-0.15, -0.1) is 0 Å². The number of hydrogen-bond acceptors (Lipinski definition) is 3. The van der Waals surface area contributed by atoms with Crippen molar-refractivity contribution in [2.45, 2.75) is 32.7 Å². The van der Waals surface area contributed by atoms with Crippen molar-refractivity contribution in [3.63, 3.8) is 0 Å². The van der Waals surface area contributed by atoms with Crippen LogP contribution in [0.25, 0.3) is 0 Å². The zero-order valence-corrected chi connectivity index (χ0v) is 13.0. The van der Waals surface area contributed by atoms with Crippen LogP contribution in [-0.2, 0) is 0 Å². The molecular formula is C16H22ClN3. The summed E-state index contributed by atoms with van der Waals surface area (Å²) in [4.78, 5) is 2.31. The second-order valence-electron chi connectivity index (χ2n) is 5.79. The minimum absolute atomic E-state index is 0.520. The highest BCUT2D eigenvalue weighted by molar-refractivity contribution is 6.30. The average molecular weight is 292 g/mol. The molecule has 0 bridgehead atoms. The predicted octanol–water partition coefficient (Wildman–Crippen LogP) is 3.43. The van der Waals surface area contributed by atoms with Crippen molar-refractivity contribution in [2.24, 2.45) is 5.92 Å². The summed E-state index contributed by atoms with van der Waals surface area (Å²) in [5.74, 6) is 0.636. The monoisotopic (exact) mass is 291 g/mol. The van der Waals surface area contributed by atoms with Gasteiger partial charge in [-0.05, 0) is 43.5 Å². The number of rotatable bonds is 4. The third kappa shape index (κ3) is 3.88. The summed E-state index contributed by atoms with van der Waals surface area (Å²) in [7, 11) is 0. The van der Waals surface area contributed by atoms with E-state index in [9.17, 15) is 5.26 Å². The Bertz CT molecular complexity index is 493. The lowest BCUT2D eigenvalue weighted by Gasteiger charge is -2.35. The maximum Gasteiger partial charge on any atom is 0.101 e. The van der Waals surface area contributed by atoms with Gasteiger partial charge in [0, 0.05) is 24.2 Å². The van der Waals surface area contributed by atoms with Gasteiger partial charge < -0.3 is 10.2 Å². The molecule has 4 heteroatoms. The highest BCUT2D eigenvalue weighted by Gasteiger charge is 2.22. The van der Waals surface area contributed by atoms with E-state index in [0.717, 1.165) is 25.3 Å². The topological polar surface area (TPSA) is 39.1 Å². The largest absolute Gasteiger partial charge is 0.370 e. The molecule has 0 radical (unpaired) electrons. The van der Waals surface area contributed by atoms with Gasteiger partial charge in [-0.1, -0.05) is 25.4 Å². The van der Waals surface area contributed by atoms with Crippen LogP contribution in [0.4, 0.5) is 5.69 Å². The van der Waals surface area contributed by atoms with Gasteiger partial charge >= 0.3 is 0 Å². The first-order valence-corrected chi connectivity index (χ1v) is 7.66. The number of anilines is 1. The van der Waals surface area contributed by atoms with Gasteiger partial charge in [-0.25, -0.2) is 0 Å². The Kier molecular flexibility index (Phi) is 5.28. The molecule has 1 aliphatic rings.